The second-order valence-electron chi connectivity index (χ2n) is 8.41. The number of hydrogen-bond donors (Lipinski definition) is 1. The van der Waals surface area contributed by atoms with Gasteiger partial charge in [-0.05, 0) is 42.7 Å². The maximum absolute atomic E-state index is 14.0. The van der Waals surface area contributed by atoms with Crippen molar-refractivity contribution in [3.05, 3.63) is 107 Å². The first-order valence-electron chi connectivity index (χ1n) is 11.1. The molecule has 1 amide bonds. The highest BCUT2D eigenvalue weighted by atomic mass is 16.3. The van der Waals surface area contributed by atoms with Crippen molar-refractivity contribution in [2.45, 2.75) is 18.9 Å². The highest BCUT2D eigenvalue weighted by Crippen LogP contribution is 2.38. The Bertz CT molecular complexity index is 1450. The van der Waals surface area contributed by atoms with Crippen LogP contribution in [-0.2, 0) is 0 Å². The van der Waals surface area contributed by atoms with Crippen LogP contribution in [0.15, 0.2) is 89.7 Å². The lowest BCUT2D eigenvalue weighted by Crippen LogP contribution is -2.46. The highest BCUT2D eigenvalue weighted by molar-refractivity contribution is 5.97. The Morgan fingerprint density at radius 1 is 0.848 bits per heavy atom. The summed E-state index contributed by atoms with van der Waals surface area (Å²) in [7, 11) is 0. The SMILES string of the molecule is O=C1c2ccccc2-[n+]2c(O)c(-c3ccccc3)c(=O)n(-c3ccccc3)c2[C@@H]2CCCN12. The first kappa shape index (κ1) is 19.5. The Hall–Kier alpha value is -4.19. The van der Waals surface area contributed by atoms with Crippen LogP contribution < -0.4 is 10.1 Å². The minimum Gasteiger partial charge on any atom is -0.477 e. The molecular weight excluding hydrogens is 414 g/mol. The van der Waals surface area contributed by atoms with Gasteiger partial charge >= 0.3 is 11.4 Å². The number of aromatic hydroxyl groups is 1. The number of aromatic nitrogens is 2. The van der Waals surface area contributed by atoms with E-state index in [1.165, 1.54) is 0 Å². The molecule has 1 fully saturated rings. The molecule has 0 spiro atoms. The van der Waals surface area contributed by atoms with E-state index in [1.807, 2.05) is 83.8 Å². The summed E-state index contributed by atoms with van der Waals surface area (Å²) in [5.74, 6) is 0.367. The molecule has 0 unspecified atom stereocenters. The maximum atomic E-state index is 14.0. The first-order valence-corrected chi connectivity index (χ1v) is 11.1. The first-order chi connectivity index (χ1) is 16.2. The van der Waals surface area contributed by atoms with Crippen molar-refractivity contribution >= 4 is 5.91 Å². The number of hydrogen-bond acceptors (Lipinski definition) is 3. The van der Waals surface area contributed by atoms with Gasteiger partial charge in [0.05, 0.1) is 5.56 Å². The molecule has 2 aliphatic rings. The molecule has 1 saturated heterocycles. The van der Waals surface area contributed by atoms with Crippen molar-refractivity contribution in [3.63, 3.8) is 0 Å². The van der Waals surface area contributed by atoms with Crippen molar-refractivity contribution in [2.24, 2.45) is 0 Å². The van der Waals surface area contributed by atoms with Gasteiger partial charge in [0.25, 0.3) is 11.7 Å². The summed E-state index contributed by atoms with van der Waals surface area (Å²) in [4.78, 5) is 29.4. The summed E-state index contributed by atoms with van der Waals surface area (Å²) >= 11 is 0. The van der Waals surface area contributed by atoms with E-state index in [1.54, 1.807) is 15.2 Å². The summed E-state index contributed by atoms with van der Waals surface area (Å²) in [6.45, 7) is 0.613. The van der Waals surface area contributed by atoms with E-state index >= 15 is 0 Å². The van der Waals surface area contributed by atoms with Crippen LogP contribution in [0.25, 0.3) is 22.5 Å². The smallest absolute Gasteiger partial charge is 0.354 e. The Morgan fingerprint density at radius 2 is 1.52 bits per heavy atom. The van der Waals surface area contributed by atoms with Gasteiger partial charge in [-0.3, -0.25) is 4.79 Å². The van der Waals surface area contributed by atoms with E-state index in [0.29, 0.717) is 34.9 Å². The molecule has 1 N–H and O–H groups in total. The van der Waals surface area contributed by atoms with Crippen molar-refractivity contribution < 1.29 is 14.5 Å². The third-order valence-corrected chi connectivity index (χ3v) is 6.57. The van der Waals surface area contributed by atoms with Crippen molar-refractivity contribution in [1.29, 1.82) is 0 Å². The molecule has 0 radical (unpaired) electrons. The predicted molar refractivity (Wildman–Crippen MR) is 124 cm³/mol. The molecule has 6 nitrogen and oxygen atoms in total. The minimum atomic E-state index is -0.325. The van der Waals surface area contributed by atoms with E-state index in [4.69, 9.17) is 0 Å². The number of fused-ring (bicyclic) bond motifs is 5. The molecule has 3 aromatic carbocycles. The quantitative estimate of drug-likeness (QED) is 0.487. The molecule has 162 valence electrons. The fourth-order valence-corrected chi connectivity index (χ4v) is 5.13. The van der Waals surface area contributed by atoms with Crippen LogP contribution >= 0.6 is 0 Å². The highest BCUT2D eigenvalue weighted by Gasteiger charge is 2.46. The van der Waals surface area contributed by atoms with Crippen LogP contribution in [-0.4, -0.2) is 27.0 Å². The molecule has 4 aromatic rings. The Kier molecular flexibility index (Phi) is 4.40. The van der Waals surface area contributed by atoms with Crippen LogP contribution in [0.3, 0.4) is 0 Å². The van der Waals surface area contributed by atoms with Crippen LogP contribution in [0, 0.1) is 0 Å². The number of carbonyl (C=O) groups is 1. The number of amides is 1. The Balaban J connectivity index is 1.82. The van der Waals surface area contributed by atoms with Crippen LogP contribution in [0.2, 0.25) is 0 Å². The number of benzene rings is 3. The van der Waals surface area contributed by atoms with Gasteiger partial charge in [0.1, 0.15) is 17.4 Å². The van der Waals surface area contributed by atoms with Crippen LogP contribution in [0.1, 0.15) is 35.1 Å². The van der Waals surface area contributed by atoms with Gasteiger partial charge in [-0.1, -0.05) is 60.7 Å². The van der Waals surface area contributed by atoms with E-state index in [0.717, 1.165) is 12.8 Å². The standard InChI is InChI=1S/C27H21N3O3/c31-25-20-14-7-8-15-21(20)30-24(22-16-9-17-28(22)25)29(19-12-5-2-6-13-19)26(32)23(27(30)33)18-10-3-1-4-11-18/h1-8,10-15,22H,9,16-17H2/p+1/t22-/m0/s1. The molecule has 1 atom stereocenters. The van der Waals surface area contributed by atoms with E-state index in [-0.39, 0.29) is 29.0 Å². The molecular formula is C27H22N3O3+. The minimum absolute atomic E-state index is 0.0791. The lowest BCUT2D eigenvalue weighted by Gasteiger charge is -2.22. The molecule has 0 bridgehead atoms. The third kappa shape index (κ3) is 2.84. The van der Waals surface area contributed by atoms with Gasteiger partial charge in [-0.15, -0.1) is 0 Å². The topological polar surface area (TPSA) is 66.4 Å². The summed E-state index contributed by atoms with van der Waals surface area (Å²) in [5, 5.41) is 11.6. The fraction of sp³-hybridized carbons (Fsp3) is 0.148. The fourth-order valence-electron chi connectivity index (χ4n) is 5.13. The zero-order valence-corrected chi connectivity index (χ0v) is 17.9. The van der Waals surface area contributed by atoms with E-state index < -0.39 is 0 Å². The molecule has 3 heterocycles. The number of nitrogens with zero attached hydrogens (tertiary/aromatic N) is 3. The van der Waals surface area contributed by atoms with E-state index in [2.05, 4.69) is 0 Å². The predicted octanol–water partition coefficient (Wildman–Crippen LogP) is 3.78. The second kappa shape index (κ2) is 7.45. The zero-order valence-electron chi connectivity index (χ0n) is 17.9. The largest absolute Gasteiger partial charge is 0.477 e. The summed E-state index contributed by atoms with van der Waals surface area (Å²) in [6.07, 6.45) is 1.55. The molecule has 2 aliphatic heterocycles. The van der Waals surface area contributed by atoms with Crippen molar-refractivity contribution in [3.8, 4) is 28.4 Å². The Labute approximate surface area is 190 Å². The lowest BCUT2D eigenvalue weighted by atomic mass is 10.1. The molecule has 6 rings (SSSR count). The summed E-state index contributed by atoms with van der Waals surface area (Å²) in [6, 6.07) is 25.6. The summed E-state index contributed by atoms with van der Waals surface area (Å²) < 4.78 is 3.38. The molecule has 6 heteroatoms. The maximum Gasteiger partial charge on any atom is 0.354 e. The molecule has 0 saturated carbocycles. The normalized spacial score (nSPS) is 16.7. The van der Waals surface area contributed by atoms with Gasteiger partial charge in [0.15, 0.2) is 5.56 Å². The zero-order chi connectivity index (χ0) is 22.5. The molecule has 33 heavy (non-hydrogen) atoms. The third-order valence-electron chi connectivity index (χ3n) is 6.57. The van der Waals surface area contributed by atoms with Crippen molar-refractivity contribution in [2.75, 3.05) is 6.54 Å². The average molecular weight is 436 g/mol. The number of para-hydroxylation sites is 2. The van der Waals surface area contributed by atoms with Crippen molar-refractivity contribution in [1.82, 2.24) is 9.47 Å². The van der Waals surface area contributed by atoms with Gasteiger partial charge in [-0.25, -0.2) is 4.79 Å². The Morgan fingerprint density at radius 3 is 2.27 bits per heavy atom. The second-order valence-corrected chi connectivity index (χ2v) is 8.41. The van der Waals surface area contributed by atoms with Gasteiger partial charge in [-0.2, -0.15) is 9.13 Å². The lowest BCUT2D eigenvalue weighted by molar-refractivity contribution is -0.619. The number of carbonyl (C=O) groups excluding carboxylic acids is 1. The molecule has 1 aromatic heterocycles. The van der Waals surface area contributed by atoms with Gasteiger partial charge in [0, 0.05) is 6.54 Å². The summed E-state index contributed by atoms with van der Waals surface area (Å²) in [5.41, 5.74) is 2.30. The number of rotatable bonds is 2. The van der Waals surface area contributed by atoms with Crippen LogP contribution in [0.5, 0.6) is 5.88 Å². The van der Waals surface area contributed by atoms with E-state index in [9.17, 15) is 14.7 Å². The van der Waals surface area contributed by atoms with Gasteiger partial charge < -0.3 is 10.0 Å². The molecule has 0 aliphatic carbocycles. The average Bonchev–Trinajstić information content (AvgIpc) is 3.31. The van der Waals surface area contributed by atoms with Crippen LogP contribution in [0.4, 0.5) is 0 Å². The monoisotopic (exact) mass is 436 g/mol. The van der Waals surface area contributed by atoms with Gasteiger partial charge in [0.2, 0.25) is 0 Å².